The van der Waals surface area contributed by atoms with E-state index in [4.69, 9.17) is 0 Å². The molecule has 0 aromatic carbocycles. The number of hydrogen-bond donors (Lipinski definition) is 2. The average Bonchev–Trinajstić information content (AvgIpc) is 2.30. The predicted octanol–water partition coefficient (Wildman–Crippen LogP) is 0.607. The van der Waals surface area contributed by atoms with Crippen LogP contribution in [0.1, 0.15) is 34.6 Å². The Balaban J connectivity index is 3.76. The fourth-order valence-corrected chi connectivity index (χ4v) is 1.38. The first-order valence-electron chi connectivity index (χ1n) is 6.58. The molecular weight excluding hydrogens is 230 g/mol. The number of amides is 2. The Hall–Kier alpha value is -1.10. The van der Waals surface area contributed by atoms with Crippen molar-refractivity contribution in [1.82, 2.24) is 15.5 Å². The Labute approximate surface area is 110 Å². The van der Waals surface area contributed by atoms with Crippen LogP contribution in [0.4, 0.5) is 0 Å². The van der Waals surface area contributed by atoms with Crippen LogP contribution in [0, 0.1) is 5.41 Å². The Bertz CT molecular complexity index is 268. The van der Waals surface area contributed by atoms with Crippen LogP contribution in [-0.2, 0) is 9.59 Å². The zero-order valence-electron chi connectivity index (χ0n) is 12.3. The van der Waals surface area contributed by atoms with Crippen LogP contribution in [0.25, 0.3) is 0 Å². The first-order valence-corrected chi connectivity index (χ1v) is 6.58. The number of rotatable bonds is 7. The van der Waals surface area contributed by atoms with Crippen LogP contribution in [0.15, 0.2) is 0 Å². The monoisotopic (exact) mass is 257 g/mol. The lowest BCUT2D eigenvalue weighted by atomic mass is 9.96. The highest BCUT2D eigenvalue weighted by atomic mass is 16.2. The van der Waals surface area contributed by atoms with E-state index < -0.39 is 5.41 Å². The Morgan fingerprint density at radius 2 is 1.61 bits per heavy atom. The highest BCUT2D eigenvalue weighted by molar-refractivity contribution is 5.87. The summed E-state index contributed by atoms with van der Waals surface area (Å²) in [6.45, 7) is 13.1. The van der Waals surface area contributed by atoms with Crippen LogP contribution in [0.5, 0.6) is 0 Å². The molecule has 0 saturated carbocycles. The zero-order chi connectivity index (χ0) is 14.2. The largest absolute Gasteiger partial charge is 0.353 e. The first kappa shape index (κ1) is 16.9. The summed E-state index contributed by atoms with van der Waals surface area (Å²) in [6, 6.07) is 0. The molecule has 18 heavy (non-hydrogen) atoms. The second kappa shape index (κ2) is 8.08. The molecule has 0 aliphatic rings. The summed E-state index contributed by atoms with van der Waals surface area (Å²) in [5.74, 6) is -0.249. The zero-order valence-corrected chi connectivity index (χ0v) is 12.3. The van der Waals surface area contributed by atoms with E-state index in [9.17, 15) is 9.59 Å². The molecule has 0 aliphatic carbocycles. The lowest BCUT2D eigenvalue weighted by molar-refractivity contribution is -0.131. The van der Waals surface area contributed by atoms with Gasteiger partial charge in [-0.15, -0.1) is 0 Å². The number of nitrogens with zero attached hydrogens (tertiary/aromatic N) is 1. The van der Waals surface area contributed by atoms with Gasteiger partial charge in [0, 0.05) is 18.5 Å². The van der Waals surface area contributed by atoms with Crippen molar-refractivity contribution in [2.24, 2.45) is 5.41 Å². The van der Waals surface area contributed by atoms with Gasteiger partial charge in [0.15, 0.2) is 0 Å². The van der Waals surface area contributed by atoms with Gasteiger partial charge in [-0.3, -0.25) is 9.59 Å². The van der Waals surface area contributed by atoms with Crippen molar-refractivity contribution in [3.8, 4) is 0 Å². The quantitative estimate of drug-likeness (QED) is 0.702. The third kappa shape index (κ3) is 7.27. The van der Waals surface area contributed by atoms with Crippen molar-refractivity contribution in [3.05, 3.63) is 0 Å². The second-order valence-electron chi connectivity index (χ2n) is 5.31. The normalized spacial score (nSPS) is 11.4. The van der Waals surface area contributed by atoms with Crippen molar-refractivity contribution >= 4 is 11.8 Å². The van der Waals surface area contributed by atoms with E-state index in [1.54, 1.807) is 0 Å². The maximum absolute atomic E-state index is 11.5. The van der Waals surface area contributed by atoms with E-state index in [1.165, 1.54) is 0 Å². The Morgan fingerprint density at radius 1 is 1.06 bits per heavy atom. The van der Waals surface area contributed by atoms with Crippen LogP contribution in [0.2, 0.25) is 0 Å². The molecule has 0 spiro atoms. The van der Waals surface area contributed by atoms with Crippen molar-refractivity contribution in [2.45, 2.75) is 34.6 Å². The standard InChI is InChI=1S/C13H27N3O2/c1-6-16(7-2)9-8-14-11(17)10-15-12(18)13(3,4)5/h6-10H2,1-5H3,(H,14,17)(H,15,18). The topological polar surface area (TPSA) is 61.4 Å². The summed E-state index contributed by atoms with van der Waals surface area (Å²) in [5.41, 5.74) is -0.457. The van der Waals surface area contributed by atoms with Crippen molar-refractivity contribution in [1.29, 1.82) is 0 Å². The van der Waals surface area contributed by atoms with Gasteiger partial charge in [-0.25, -0.2) is 0 Å². The SMILES string of the molecule is CCN(CC)CCNC(=O)CNC(=O)C(C)(C)C. The first-order chi connectivity index (χ1) is 8.31. The van der Waals surface area contributed by atoms with Gasteiger partial charge in [-0.05, 0) is 13.1 Å². The summed E-state index contributed by atoms with van der Waals surface area (Å²) in [4.78, 5) is 25.3. The van der Waals surface area contributed by atoms with Crippen LogP contribution < -0.4 is 10.6 Å². The molecule has 0 fully saturated rings. The molecule has 5 heteroatoms. The molecule has 0 radical (unpaired) electrons. The summed E-state index contributed by atoms with van der Waals surface area (Å²) < 4.78 is 0. The fraction of sp³-hybridized carbons (Fsp3) is 0.846. The lowest BCUT2D eigenvalue weighted by Gasteiger charge is -2.19. The summed E-state index contributed by atoms with van der Waals surface area (Å²) >= 11 is 0. The Kier molecular flexibility index (Phi) is 7.59. The summed E-state index contributed by atoms with van der Waals surface area (Å²) in [6.07, 6.45) is 0. The van der Waals surface area contributed by atoms with Gasteiger partial charge >= 0.3 is 0 Å². The number of likely N-dealkylation sites (N-methyl/N-ethyl adjacent to an activating group) is 1. The van der Waals surface area contributed by atoms with Crippen LogP contribution in [0.3, 0.4) is 0 Å². The van der Waals surface area contributed by atoms with E-state index in [2.05, 4.69) is 29.4 Å². The minimum absolute atomic E-state index is 0.0500. The molecule has 106 valence electrons. The van der Waals surface area contributed by atoms with Crippen molar-refractivity contribution < 1.29 is 9.59 Å². The lowest BCUT2D eigenvalue weighted by Crippen LogP contribution is -2.43. The third-order valence-corrected chi connectivity index (χ3v) is 2.74. The third-order valence-electron chi connectivity index (χ3n) is 2.74. The van der Waals surface area contributed by atoms with Gasteiger partial charge in [0.05, 0.1) is 6.54 Å². The molecule has 0 unspecified atom stereocenters. The van der Waals surface area contributed by atoms with Crippen molar-refractivity contribution in [2.75, 3.05) is 32.7 Å². The Morgan fingerprint density at radius 3 is 2.06 bits per heavy atom. The summed E-state index contributed by atoms with van der Waals surface area (Å²) in [5, 5.41) is 5.42. The highest BCUT2D eigenvalue weighted by Gasteiger charge is 2.21. The van der Waals surface area contributed by atoms with Gasteiger partial charge in [-0.2, -0.15) is 0 Å². The van der Waals surface area contributed by atoms with E-state index in [0.717, 1.165) is 19.6 Å². The maximum atomic E-state index is 11.5. The number of hydrogen-bond acceptors (Lipinski definition) is 3. The molecule has 0 saturated heterocycles. The minimum atomic E-state index is -0.457. The highest BCUT2D eigenvalue weighted by Crippen LogP contribution is 2.11. The van der Waals surface area contributed by atoms with E-state index in [-0.39, 0.29) is 18.4 Å². The van der Waals surface area contributed by atoms with E-state index >= 15 is 0 Å². The molecule has 0 heterocycles. The number of nitrogens with one attached hydrogen (secondary N) is 2. The van der Waals surface area contributed by atoms with Crippen LogP contribution in [-0.4, -0.2) is 49.4 Å². The fourth-order valence-electron chi connectivity index (χ4n) is 1.38. The molecule has 0 aromatic rings. The molecule has 5 nitrogen and oxygen atoms in total. The van der Waals surface area contributed by atoms with Crippen molar-refractivity contribution in [3.63, 3.8) is 0 Å². The van der Waals surface area contributed by atoms with Gasteiger partial charge < -0.3 is 15.5 Å². The molecule has 0 atom stereocenters. The number of carbonyl (C=O) groups is 2. The molecule has 0 aliphatic heterocycles. The van der Waals surface area contributed by atoms with Gasteiger partial charge in [0.2, 0.25) is 11.8 Å². The van der Waals surface area contributed by atoms with Gasteiger partial charge in [0.25, 0.3) is 0 Å². The van der Waals surface area contributed by atoms with Crippen LogP contribution >= 0.6 is 0 Å². The summed E-state index contributed by atoms with van der Waals surface area (Å²) in [7, 11) is 0. The van der Waals surface area contributed by atoms with E-state index in [1.807, 2.05) is 20.8 Å². The minimum Gasteiger partial charge on any atom is -0.353 e. The molecular formula is C13H27N3O2. The smallest absolute Gasteiger partial charge is 0.239 e. The molecule has 0 aromatic heterocycles. The molecule has 0 bridgehead atoms. The van der Waals surface area contributed by atoms with Gasteiger partial charge in [0.1, 0.15) is 0 Å². The molecule has 0 rings (SSSR count). The number of carbonyl (C=O) groups excluding carboxylic acids is 2. The average molecular weight is 257 g/mol. The predicted molar refractivity (Wildman–Crippen MR) is 73.3 cm³/mol. The maximum Gasteiger partial charge on any atom is 0.239 e. The molecule has 2 amide bonds. The van der Waals surface area contributed by atoms with Gasteiger partial charge in [-0.1, -0.05) is 34.6 Å². The second-order valence-corrected chi connectivity index (χ2v) is 5.31. The van der Waals surface area contributed by atoms with E-state index in [0.29, 0.717) is 6.54 Å². The molecule has 2 N–H and O–H groups in total.